The Morgan fingerprint density at radius 3 is 2.83 bits per heavy atom. The largest absolute Gasteiger partial charge is 0.496 e. The monoisotopic (exact) mass is 483 g/mol. The number of imidazole rings is 1. The van der Waals surface area contributed by atoms with E-state index in [9.17, 15) is 9.59 Å². The zero-order chi connectivity index (χ0) is 25.2. The second-order valence-electron chi connectivity index (χ2n) is 8.33. The number of anilines is 2. The maximum atomic E-state index is 12.9. The fourth-order valence-corrected chi connectivity index (χ4v) is 4.59. The third-order valence-electron chi connectivity index (χ3n) is 6.24. The molecule has 5 rings (SSSR count). The van der Waals surface area contributed by atoms with E-state index in [0.717, 1.165) is 12.8 Å². The smallest absolute Gasteiger partial charge is 0.260 e. The Labute approximate surface area is 207 Å². The molecule has 4 heterocycles. The van der Waals surface area contributed by atoms with Crippen LogP contribution in [0.2, 0.25) is 0 Å². The summed E-state index contributed by atoms with van der Waals surface area (Å²) >= 11 is 0. The third kappa shape index (κ3) is 4.02. The third-order valence-corrected chi connectivity index (χ3v) is 6.24. The van der Waals surface area contributed by atoms with Gasteiger partial charge in [-0.2, -0.15) is 0 Å². The highest BCUT2D eigenvalue weighted by Crippen LogP contribution is 2.37. The van der Waals surface area contributed by atoms with Gasteiger partial charge in [0, 0.05) is 30.7 Å². The summed E-state index contributed by atoms with van der Waals surface area (Å²) in [5.74, 6) is 1.32. The fraction of sp³-hybridized carbons (Fsp3) is 0.192. The summed E-state index contributed by atoms with van der Waals surface area (Å²) < 4.78 is 7.43. The van der Waals surface area contributed by atoms with Crippen LogP contribution in [0, 0.1) is 0 Å². The number of likely N-dealkylation sites (tertiary alicyclic amines) is 1. The molecule has 1 aliphatic heterocycles. The second kappa shape index (κ2) is 9.49. The Balaban J connectivity index is 1.57. The number of ether oxygens (including phenoxy) is 1. The molecule has 4 aromatic rings. The molecule has 1 atom stereocenters. The lowest BCUT2D eigenvalue weighted by atomic mass is 10.1. The van der Waals surface area contributed by atoms with Crippen LogP contribution in [-0.4, -0.2) is 49.7 Å². The molecule has 182 valence electrons. The number of benzene rings is 1. The topological polar surface area (TPSA) is 128 Å². The van der Waals surface area contributed by atoms with Gasteiger partial charge in [0.2, 0.25) is 5.91 Å². The van der Waals surface area contributed by atoms with Gasteiger partial charge in [0.15, 0.2) is 0 Å². The van der Waals surface area contributed by atoms with Gasteiger partial charge in [-0.1, -0.05) is 18.7 Å². The molecule has 0 saturated carbocycles. The van der Waals surface area contributed by atoms with Crippen molar-refractivity contribution in [1.82, 2.24) is 24.3 Å². The lowest BCUT2D eigenvalue weighted by Crippen LogP contribution is -2.29. The molecule has 10 nitrogen and oxygen atoms in total. The predicted molar refractivity (Wildman–Crippen MR) is 135 cm³/mol. The summed E-state index contributed by atoms with van der Waals surface area (Å²) in [4.78, 5) is 40.5. The van der Waals surface area contributed by atoms with E-state index in [1.807, 2.05) is 4.40 Å². The highest BCUT2D eigenvalue weighted by Gasteiger charge is 2.33. The van der Waals surface area contributed by atoms with Crippen molar-refractivity contribution in [3.63, 3.8) is 0 Å². The molecule has 0 aliphatic carbocycles. The Bertz CT molecular complexity index is 1470. The first-order valence-corrected chi connectivity index (χ1v) is 11.5. The van der Waals surface area contributed by atoms with Gasteiger partial charge in [0.25, 0.3) is 5.91 Å². The van der Waals surface area contributed by atoms with E-state index in [4.69, 9.17) is 15.5 Å². The van der Waals surface area contributed by atoms with Crippen molar-refractivity contribution in [3.05, 3.63) is 79.0 Å². The average Bonchev–Trinajstić information content (AvgIpc) is 3.54. The Morgan fingerprint density at radius 2 is 2.08 bits per heavy atom. The van der Waals surface area contributed by atoms with Gasteiger partial charge < -0.3 is 20.7 Å². The van der Waals surface area contributed by atoms with E-state index in [2.05, 4.69) is 21.9 Å². The second-order valence-corrected chi connectivity index (χ2v) is 8.33. The van der Waals surface area contributed by atoms with Crippen LogP contribution in [0.1, 0.15) is 35.1 Å². The Kier molecular flexibility index (Phi) is 6.07. The molecule has 1 aromatic carbocycles. The van der Waals surface area contributed by atoms with Crippen molar-refractivity contribution in [3.8, 4) is 17.0 Å². The Hall–Kier alpha value is -4.73. The summed E-state index contributed by atoms with van der Waals surface area (Å²) in [6.45, 7) is 4.26. The molecular weight excluding hydrogens is 458 g/mol. The van der Waals surface area contributed by atoms with Crippen LogP contribution in [0.15, 0.2) is 67.6 Å². The number of carbonyl (C=O) groups excluding carboxylic acids is 2. The van der Waals surface area contributed by atoms with E-state index in [0.29, 0.717) is 52.1 Å². The van der Waals surface area contributed by atoms with Crippen LogP contribution >= 0.6 is 0 Å². The minimum Gasteiger partial charge on any atom is -0.496 e. The SMILES string of the molecule is C=CC(=O)N1CCC[C@H]1c1nc(-c2ccc(C(=O)Nc3ccccn3)c(OC)c2)c2c(N)nccn12. The number of hydrogen-bond acceptors (Lipinski definition) is 7. The summed E-state index contributed by atoms with van der Waals surface area (Å²) in [6.07, 6.45) is 7.96. The molecule has 1 fully saturated rings. The number of rotatable bonds is 6. The van der Waals surface area contributed by atoms with Crippen LogP contribution in [-0.2, 0) is 4.79 Å². The standard InChI is InChI=1S/C26H25N7O3/c1-3-21(34)32-13-6-7-18(32)25-31-22(23-24(27)29-12-14-33(23)25)16-9-10-17(19(15-16)36-2)26(35)30-20-8-4-5-11-28-20/h3-5,8-12,14-15,18H,1,6-7,13H2,2H3,(H2,27,29)(H,28,30,35)/t18-/m0/s1. The maximum absolute atomic E-state index is 12.9. The number of nitrogens with zero attached hydrogens (tertiary/aromatic N) is 5. The number of amides is 2. The van der Waals surface area contributed by atoms with Gasteiger partial charge in [-0.15, -0.1) is 0 Å². The minimum absolute atomic E-state index is 0.136. The fourth-order valence-electron chi connectivity index (χ4n) is 4.59. The van der Waals surface area contributed by atoms with Crippen LogP contribution in [0.4, 0.5) is 11.6 Å². The number of nitrogens with two attached hydrogens (primary N) is 1. The number of fused-ring (bicyclic) bond motifs is 1. The van der Waals surface area contributed by atoms with Gasteiger partial charge in [-0.3, -0.25) is 14.0 Å². The normalized spacial score (nSPS) is 15.1. The predicted octanol–water partition coefficient (Wildman–Crippen LogP) is 3.48. The minimum atomic E-state index is -0.349. The van der Waals surface area contributed by atoms with E-state index in [1.54, 1.807) is 59.9 Å². The molecule has 0 spiro atoms. The first kappa shape index (κ1) is 23.0. The lowest BCUT2D eigenvalue weighted by molar-refractivity contribution is -0.127. The van der Waals surface area contributed by atoms with Crippen molar-refractivity contribution in [1.29, 1.82) is 0 Å². The van der Waals surface area contributed by atoms with Gasteiger partial charge in [-0.05, 0) is 43.2 Å². The van der Waals surface area contributed by atoms with Gasteiger partial charge in [-0.25, -0.2) is 15.0 Å². The number of nitrogen functional groups attached to an aromatic ring is 1. The number of hydrogen-bond donors (Lipinski definition) is 2. The highest BCUT2D eigenvalue weighted by atomic mass is 16.5. The zero-order valence-corrected chi connectivity index (χ0v) is 19.7. The maximum Gasteiger partial charge on any atom is 0.260 e. The molecule has 0 unspecified atom stereocenters. The van der Waals surface area contributed by atoms with Gasteiger partial charge in [0.05, 0.1) is 18.7 Å². The van der Waals surface area contributed by atoms with Crippen LogP contribution in [0.25, 0.3) is 16.8 Å². The van der Waals surface area contributed by atoms with Crippen LogP contribution in [0.3, 0.4) is 0 Å². The number of nitrogens with one attached hydrogen (secondary N) is 1. The molecule has 2 amide bonds. The van der Waals surface area contributed by atoms with Crippen LogP contribution in [0.5, 0.6) is 5.75 Å². The highest BCUT2D eigenvalue weighted by molar-refractivity contribution is 6.06. The summed E-state index contributed by atoms with van der Waals surface area (Å²) in [6, 6.07) is 10.3. The van der Waals surface area contributed by atoms with Crippen molar-refractivity contribution >= 4 is 29.0 Å². The number of pyridine rings is 1. The van der Waals surface area contributed by atoms with Crippen molar-refractivity contribution < 1.29 is 14.3 Å². The number of aromatic nitrogens is 4. The van der Waals surface area contributed by atoms with Crippen molar-refractivity contribution in [2.75, 3.05) is 24.7 Å². The zero-order valence-electron chi connectivity index (χ0n) is 19.7. The Morgan fingerprint density at radius 1 is 1.22 bits per heavy atom. The molecule has 1 saturated heterocycles. The molecule has 10 heteroatoms. The quantitative estimate of drug-likeness (QED) is 0.402. The molecule has 0 radical (unpaired) electrons. The molecule has 3 N–H and O–H groups in total. The summed E-state index contributed by atoms with van der Waals surface area (Å²) in [7, 11) is 1.50. The van der Waals surface area contributed by atoms with E-state index in [-0.39, 0.29) is 17.9 Å². The summed E-state index contributed by atoms with van der Waals surface area (Å²) in [5, 5.41) is 2.77. The lowest BCUT2D eigenvalue weighted by Gasteiger charge is -2.22. The first-order valence-electron chi connectivity index (χ1n) is 11.5. The average molecular weight is 484 g/mol. The molecule has 1 aliphatic rings. The van der Waals surface area contributed by atoms with Crippen LogP contribution < -0.4 is 15.8 Å². The van der Waals surface area contributed by atoms with Crippen molar-refractivity contribution in [2.24, 2.45) is 0 Å². The van der Waals surface area contributed by atoms with Gasteiger partial charge in [0.1, 0.15) is 34.4 Å². The molecule has 3 aromatic heterocycles. The van der Waals surface area contributed by atoms with E-state index >= 15 is 0 Å². The molecular formula is C26H25N7O3. The number of methoxy groups -OCH3 is 1. The molecule has 0 bridgehead atoms. The van der Waals surface area contributed by atoms with E-state index in [1.165, 1.54) is 13.2 Å². The summed E-state index contributed by atoms with van der Waals surface area (Å²) in [5.41, 5.74) is 8.55. The van der Waals surface area contributed by atoms with Crippen molar-refractivity contribution in [2.45, 2.75) is 18.9 Å². The first-order chi connectivity index (χ1) is 17.5. The molecule has 36 heavy (non-hydrogen) atoms. The van der Waals surface area contributed by atoms with E-state index < -0.39 is 0 Å². The number of carbonyl (C=O) groups is 2. The van der Waals surface area contributed by atoms with Gasteiger partial charge >= 0.3 is 0 Å².